The predicted octanol–water partition coefficient (Wildman–Crippen LogP) is 6.78. The fraction of sp³-hybridized carbons (Fsp3) is 0. The summed E-state index contributed by atoms with van der Waals surface area (Å²) in [5.74, 6) is 0.550. The zero-order valence-electron chi connectivity index (χ0n) is 14.7. The van der Waals surface area contributed by atoms with Crippen LogP contribution in [0.2, 0.25) is 5.02 Å². The molecule has 0 atom stereocenters. The van der Waals surface area contributed by atoms with E-state index in [2.05, 4.69) is 4.98 Å². The van der Waals surface area contributed by atoms with Crippen LogP contribution in [0.1, 0.15) is 10.4 Å². The highest BCUT2D eigenvalue weighted by molar-refractivity contribution is 6.36. The first kappa shape index (κ1) is 16.7. The van der Waals surface area contributed by atoms with Gasteiger partial charge in [-0.25, -0.2) is 4.98 Å². The lowest BCUT2D eigenvalue weighted by molar-refractivity contribution is 0.112. The molecule has 1 aromatic heterocycles. The van der Waals surface area contributed by atoms with Gasteiger partial charge in [0.25, 0.3) is 0 Å². The lowest BCUT2D eigenvalue weighted by Gasteiger charge is -2.11. The molecule has 0 saturated carbocycles. The topological polar surface area (TPSA) is 43.1 Å². The van der Waals surface area contributed by atoms with Crippen molar-refractivity contribution in [1.29, 1.82) is 0 Å². The number of hydrogen-bond donors (Lipinski definition) is 0. The smallest absolute Gasteiger partial charge is 0.227 e. The molecule has 0 bridgehead atoms. The van der Waals surface area contributed by atoms with Crippen molar-refractivity contribution in [3.63, 3.8) is 0 Å². The van der Waals surface area contributed by atoms with Gasteiger partial charge < -0.3 is 4.42 Å². The first-order valence-corrected chi connectivity index (χ1v) is 9.26. The van der Waals surface area contributed by atoms with Gasteiger partial charge in [0.2, 0.25) is 5.89 Å². The number of aldehydes is 1. The molecule has 4 heteroatoms. The summed E-state index contributed by atoms with van der Waals surface area (Å²) in [7, 11) is 0. The van der Waals surface area contributed by atoms with E-state index in [9.17, 15) is 4.79 Å². The maximum absolute atomic E-state index is 11.8. The standard InChI is InChI=1S/C24H14ClNO2/c25-20-10-4-8-18-17(20)13-12-16(14-27)22(18)19-9-5-11-21-23(19)28-24(26-21)15-6-2-1-3-7-15/h1-14H. The zero-order chi connectivity index (χ0) is 19.1. The molecule has 134 valence electrons. The van der Waals surface area contributed by atoms with E-state index in [1.165, 1.54) is 0 Å². The Bertz CT molecular complexity index is 1340. The van der Waals surface area contributed by atoms with Crippen molar-refractivity contribution >= 4 is 39.8 Å². The van der Waals surface area contributed by atoms with Crippen LogP contribution in [0.25, 0.3) is 44.5 Å². The summed E-state index contributed by atoms with van der Waals surface area (Å²) in [5.41, 5.74) is 4.50. The molecular weight excluding hydrogens is 370 g/mol. The number of para-hydroxylation sites is 1. The lowest BCUT2D eigenvalue weighted by Crippen LogP contribution is -1.91. The monoisotopic (exact) mass is 383 g/mol. The van der Waals surface area contributed by atoms with E-state index in [1.807, 2.05) is 72.8 Å². The molecule has 1 heterocycles. The number of aromatic nitrogens is 1. The van der Waals surface area contributed by atoms with Crippen LogP contribution in [-0.4, -0.2) is 11.3 Å². The second-order valence-corrected chi connectivity index (χ2v) is 6.93. The maximum Gasteiger partial charge on any atom is 0.227 e. The van der Waals surface area contributed by atoms with Crippen molar-refractivity contribution in [1.82, 2.24) is 4.98 Å². The maximum atomic E-state index is 11.8. The Balaban J connectivity index is 1.84. The van der Waals surface area contributed by atoms with E-state index in [1.54, 1.807) is 6.07 Å². The molecule has 3 nitrogen and oxygen atoms in total. The first-order valence-electron chi connectivity index (χ1n) is 8.88. The Morgan fingerprint density at radius 3 is 2.46 bits per heavy atom. The molecule has 0 spiro atoms. The Kier molecular flexibility index (Phi) is 3.96. The summed E-state index contributed by atoms with van der Waals surface area (Å²) in [5, 5.41) is 2.44. The number of carbonyl (C=O) groups is 1. The van der Waals surface area contributed by atoms with Gasteiger partial charge in [0.15, 0.2) is 11.9 Å². The molecule has 0 fully saturated rings. The second-order valence-electron chi connectivity index (χ2n) is 6.52. The fourth-order valence-electron chi connectivity index (χ4n) is 3.59. The van der Waals surface area contributed by atoms with Gasteiger partial charge in [0.1, 0.15) is 5.52 Å². The highest BCUT2D eigenvalue weighted by Gasteiger charge is 2.17. The second kappa shape index (κ2) is 6.63. The van der Waals surface area contributed by atoms with Gasteiger partial charge in [-0.05, 0) is 29.7 Å². The summed E-state index contributed by atoms with van der Waals surface area (Å²) in [4.78, 5) is 16.5. The van der Waals surface area contributed by atoms with Gasteiger partial charge >= 0.3 is 0 Å². The molecule has 0 N–H and O–H groups in total. The number of benzene rings is 4. The van der Waals surface area contributed by atoms with Gasteiger partial charge in [0.05, 0.1) is 0 Å². The lowest BCUT2D eigenvalue weighted by atomic mass is 9.93. The van der Waals surface area contributed by atoms with E-state index in [-0.39, 0.29) is 0 Å². The third kappa shape index (κ3) is 2.60. The molecular formula is C24H14ClNO2. The summed E-state index contributed by atoms with van der Waals surface area (Å²) in [6.07, 6.45) is 0.864. The van der Waals surface area contributed by atoms with Crippen LogP contribution in [0, 0.1) is 0 Å². The van der Waals surface area contributed by atoms with Crippen LogP contribution in [0.5, 0.6) is 0 Å². The van der Waals surface area contributed by atoms with Gasteiger partial charge in [-0.1, -0.05) is 66.2 Å². The van der Waals surface area contributed by atoms with Crippen LogP contribution in [0.3, 0.4) is 0 Å². The van der Waals surface area contributed by atoms with Crippen LogP contribution < -0.4 is 0 Å². The Hall–Kier alpha value is -3.43. The van der Waals surface area contributed by atoms with Crippen LogP contribution in [0.15, 0.2) is 83.3 Å². The van der Waals surface area contributed by atoms with Crippen molar-refractivity contribution in [3.8, 4) is 22.6 Å². The van der Waals surface area contributed by atoms with Crippen molar-refractivity contribution < 1.29 is 9.21 Å². The van der Waals surface area contributed by atoms with Crippen LogP contribution in [0.4, 0.5) is 0 Å². The summed E-state index contributed by atoms with van der Waals surface area (Å²) in [6, 6.07) is 24.9. The zero-order valence-corrected chi connectivity index (χ0v) is 15.5. The van der Waals surface area contributed by atoms with E-state index in [0.717, 1.165) is 39.3 Å². The molecule has 5 rings (SSSR count). The van der Waals surface area contributed by atoms with Crippen molar-refractivity contribution in [2.24, 2.45) is 0 Å². The van der Waals surface area contributed by atoms with E-state index in [4.69, 9.17) is 16.0 Å². The fourth-order valence-corrected chi connectivity index (χ4v) is 3.82. The van der Waals surface area contributed by atoms with Gasteiger partial charge in [-0.3, -0.25) is 4.79 Å². The normalized spacial score (nSPS) is 11.2. The SMILES string of the molecule is O=Cc1ccc2c(Cl)cccc2c1-c1cccc2nc(-c3ccccc3)oc12. The molecule has 0 amide bonds. The number of nitrogens with zero attached hydrogens (tertiary/aromatic N) is 1. The molecule has 0 aliphatic rings. The minimum Gasteiger partial charge on any atom is -0.435 e. The predicted molar refractivity (Wildman–Crippen MR) is 113 cm³/mol. The minimum atomic E-state index is 0.550. The highest BCUT2D eigenvalue weighted by Crippen LogP contribution is 2.39. The van der Waals surface area contributed by atoms with Crippen LogP contribution in [-0.2, 0) is 0 Å². The highest BCUT2D eigenvalue weighted by atomic mass is 35.5. The minimum absolute atomic E-state index is 0.550. The molecule has 28 heavy (non-hydrogen) atoms. The Morgan fingerprint density at radius 2 is 1.64 bits per heavy atom. The first-order chi connectivity index (χ1) is 13.8. The van der Waals surface area contributed by atoms with Crippen LogP contribution >= 0.6 is 11.6 Å². The third-order valence-corrected chi connectivity index (χ3v) is 5.20. The van der Waals surface area contributed by atoms with Crippen molar-refractivity contribution in [2.75, 3.05) is 0 Å². The Labute approximate surface area is 166 Å². The molecule has 4 aromatic carbocycles. The Morgan fingerprint density at radius 1 is 0.821 bits per heavy atom. The largest absolute Gasteiger partial charge is 0.435 e. The number of halogens is 1. The number of oxazole rings is 1. The summed E-state index contributed by atoms with van der Waals surface area (Å²) in [6.45, 7) is 0. The van der Waals surface area contributed by atoms with Gasteiger partial charge in [-0.15, -0.1) is 0 Å². The molecule has 5 aromatic rings. The van der Waals surface area contributed by atoms with Crippen molar-refractivity contribution in [2.45, 2.75) is 0 Å². The number of hydrogen-bond acceptors (Lipinski definition) is 3. The number of carbonyl (C=O) groups excluding carboxylic acids is 1. The van der Waals surface area contributed by atoms with E-state index < -0.39 is 0 Å². The molecule has 0 saturated heterocycles. The number of rotatable bonds is 3. The molecule has 0 radical (unpaired) electrons. The van der Waals surface area contributed by atoms with Gasteiger partial charge in [-0.2, -0.15) is 0 Å². The average Bonchev–Trinajstić information content (AvgIpc) is 3.18. The van der Waals surface area contributed by atoms with E-state index in [0.29, 0.717) is 22.1 Å². The third-order valence-electron chi connectivity index (χ3n) is 4.87. The summed E-state index contributed by atoms with van der Waals surface area (Å²) < 4.78 is 6.16. The average molecular weight is 384 g/mol. The van der Waals surface area contributed by atoms with E-state index >= 15 is 0 Å². The van der Waals surface area contributed by atoms with Gasteiger partial charge in [0, 0.05) is 32.7 Å². The molecule has 0 aliphatic heterocycles. The molecule has 0 aliphatic carbocycles. The summed E-state index contributed by atoms with van der Waals surface area (Å²) >= 11 is 6.39. The quantitative estimate of drug-likeness (QED) is 0.322. The molecule has 0 unspecified atom stereocenters. The van der Waals surface area contributed by atoms with Crippen molar-refractivity contribution in [3.05, 3.63) is 89.4 Å². The number of fused-ring (bicyclic) bond motifs is 2.